The molecule has 2 aromatic heterocycles. The van der Waals surface area contributed by atoms with E-state index in [9.17, 15) is 0 Å². The zero-order valence-corrected chi connectivity index (χ0v) is 9.16. The van der Waals surface area contributed by atoms with Crippen molar-refractivity contribution < 1.29 is 0 Å². The lowest BCUT2D eigenvalue weighted by Gasteiger charge is -2.03. The normalized spacial score (nSPS) is 10.8. The van der Waals surface area contributed by atoms with Gasteiger partial charge in [0.2, 0.25) is 0 Å². The topological polar surface area (TPSA) is 66.5 Å². The zero-order valence-electron chi connectivity index (χ0n) is 8.34. The van der Waals surface area contributed by atoms with Crippen LogP contribution >= 0.6 is 11.3 Å². The molecule has 2 N–H and O–H groups in total. The Labute approximate surface area is 95.5 Å². The Morgan fingerprint density at radius 3 is 3.06 bits per heavy atom. The lowest BCUT2D eigenvalue weighted by atomic mass is 10.2. The molecule has 0 atom stereocenters. The zero-order chi connectivity index (χ0) is 10.8. The number of nitrogens with one attached hydrogen (secondary N) is 2. The van der Waals surface area contributed by atoms with E-state index in [0.29, 0.717) is 0 Å². The molecule has 3 rings (SSSR count). The molecule has 80 valence electrons. The van der Waals surface area contributed by atoms with Gasteiger partial charge in [-0.15, -0.1) is 11.3 Å². The van der Waals surface area contributed by atoms with Gasteiger partial charge in [0.15, 0.2) is 0 Å². The van der Waals surface area contributed by atoms with Gasteiger partial charge in [0.1, 0.15) is 11.0 Å². The molecule has 0 saturated carbocycles. The van der Waals surface area contributed by atoms with Crippen LogP contribution < -0.4 is 5.32 Å². The molecule has 0 aliphatic carbocycles. The molecule has 0 bridgehead atoms. The van der Waals surface area contributed by atoms with E-state index < -0.39 is 0 Å². The first kappa shape index (κ1) is 9.29. The van der Waals surface area contributed by atoms with Gasteiger partial charge in [-0.3, -0.25) is 0 Å². The van der Waals surface area contributed by atoms with Gasteiger partial charge in [0.05, 0.1) is 17.7 Å². The molecule has 6 heteroatoms. The molecule has 0 aliphatic rings. The van der Waals surface area contributed by atoms with Crippen LogP contribution in [0, 0.1) is 0 Å². The number of benzene rings is 1. The third kappa shape index (κ3) is 1.74. The summed E-state index contributed by atoms with van der Waals surface area (Å²) < 4.78 is 0. The number of thiazole rings is 1. The summed E-state index contributed by atoms with van der Waals surface area (Å²) in [6, 6.07) is 5.88. The molecule has 0 fully saturated rings. The second-order valence-corrected chi connectivity index (χ2v) is 4.08. The molecule has 0 aliphatic heterocycles. The van der Waals surface area contributed by atoms with Gasteiger partial charge in [0, 0.05) is 11.1 Å². The van der Waals surface area contributed by atoms with Crippen molar-refractivity contribution in [2.24, 2.45) is 0 Å². The Balaban J connectivity index is 1.78. The highest BCUT2D eigenvalue weighted by atomic mass is 32.1. The van der Waals surface area contributed by atoms with E-state index in [1.54, 1.807) is 11.3 Å². The number of rotatable bonds is 3. The predicted molar refractivity (Wildman–Crippen MR) is 63.3 cm³/mol. The molecule has 0 radical (unpaired) electrons. The summed E-state index contributed by atoms with van der Waals surface area (Å²) in [6.45, 7) is 0.729. The Hall–Kier alpha value is -1.95. The van der Waals surface area contributed by atoms with Crippen molar-refractivity contribution in [2.75, 3.05) is 5.32 Å². The highest BCUT2D eigenvalue weighted by Crippen LogP contribution is 2.15. The smallest absolute Gasteiger partial charge is 0.115 e. The molecule has 16 heavy (non-hydrogen) atoms. The largest absolute Gasteiger partial charge is 0.379 e. The van der Waals surface area contributed by atoms with Crippen LogP contribution in [0.3, 0.4) is 0 Å². The molecule has 0 amide bonds. The van der Waals surface area contributed by atoms with Crippen molar-refractivity contribution in [3.05, 3.63) is 34.8 Å². The number of aromatic amines is 1. The van der Waals surface area contributed by atoms with Crippen LogP contribution in [0.2, 0.25) is 0 Å². The summed E-state index contributed by atoms with van der Waals surface area (Å²) >= 11 is 1.60. The van der Waals surface area contributed by atoms with Crippen LogP contribution in [0.1, 0.15) is 5.69 Å². The highest BCUT2D eigenvalue weighted by Gasteiger charge is 2.00. The third-order valence-electron chi connectivity index (χ3n) is 2.27. The van der Waals surface area contributed by atoms with E-state index in [2.05, 4.69) is 25.7 Å². The summed E-state index contributed by atoms with van der Waals surface area (Å²) in [5.41, 5.74) is 5.64. The molecule has 1 aromatic carbocycles. The molecular formula is C10H9N5S. The van der Waals surface area contributed by atoms with Gasteiger partial charge >= 0.3 is 0 Å². The monoisotopic (exact) mass is 231 g/mol. The molecule has 3 aromatic rings. The summed E-state index contributed by atoms with van der Waals surface area (Å²) in [6.07, 6.45) is 0. The second kappa shape index (κ2) is 3.90. The van der Waals surface area contributed by atoms with Gasteiger partial charge in [-0.25, -0.2) is 4.98 Å². The maximum Gasteiger partial charge on any atom is 0.115 e. The maximum atomic E-state index is 4.21. The highest BCUT2D eigenvalue weighted by molar-refractivity contribution is 7.07. The summed E-state index contributed by atoms with van der Waals surface area (Å²) in [5, 5.41) is 15.9. The number of fused-ring (bicyclic) bond motifs is 1. The third-order valence-corrected chi connectivity index (χ3v) is 2.91. The number of anilines is 1. The lowest BCUT2D eigenvalue weighted by Crippen LogP contribution is -1.99. The van der Waals surface area contributed by atoms with Gasteiger partial charge in [-0.05, 0) is 18.2 Å². The predicted octanol–water partition coefficient (Wildman–Crippen LogP) is 2.03. The molecular weight excluding hydrogens is 222 g/mol. The van der Waals surface area contributed by atoms with Crippen molar-refractivity contribution in [3.63, 3.8) is 0 Å². The summed E-state index contributed by atoms with van der Waals surface area (Å²) in [5.74, 6) is 0. The van der Waals surface area contributed by atoms with Crippen molar-refractivity contribution >= 4 is 28.1 Å². The van der Waals surface area contributed by atoms with Crippen LogP contribution in [0.5, 0.6) is 0 Å². The van der Waals surface area contributed by atoms with Crippen LogP contribution in [-0.4, -0.2) is 20.4 Å². The number of nitrogens with zero attached hydrogens (tertiary/aromatic N) is 3. The minimum absolute atomic E-state index is 0.729. The average Bonchev–Trinajstić information content (AvgIpc) is 2.97. The van der Waals surface area contributed by atoms with Crippen LogP contribution in [0.25, 0.3) is 11.0 Å². The van der Waals surface area contributed by atoms with Crippen LogP contribution in [0.4, 0.5) is 5.69 Å². The van der Waals surface area contributed by atoms with E-state index in [1.165, 1.54) is 0 Å². The fraction of sp³-hybridized carbons (Fsp3) is 0.100. The fourth-order valence-electron chi connectivity index (χ4n) is 1.47. The minimum atomic E-state index is 0.729. The Morgan fingerprint density at radius 1 is 1.25 bits per heavy atom. The van der Waals surface area contributed by atoms with E-state index in [-0.39, 0.29) is 0 Å². The van der Waals surface area contributed by atoms with Crippen molar-refractivity contribution in [2.45, 2.75) is 6.54 Å². The standard InChI is InChI=1S/C10H9N5S/c1-2-9-10(14-15-13-9)3-7(1)11-4-8-5-16-6-12-8/h1-3,5-6,11H,4H2,(H,13,14,15). The number of H-pyrrole nitrogens is 1. The SMILES string of the molecule is c1nc(CNc2ccc3n[nH]nc3c2)cs1. The second-order valence-electron chi connectivity index (χ2n) is 3.36. The quantitative estimate of drug-likeness (QED) is 0.723. The molecule has 5 nitrogen and oxygen atoms in total. The Bertz CT molecular complexity index is 586. The van der Waals surface area contributed by atoms with Crippen molar-refractivity contribution in [3.8, 4) is 0 Å². The molecule has 0 saturated heterocycles. The number of hydrogen-bond acceptors (Lipinski definition) is 5. The average molecular weight is 231 g/mol. The lowest BCUT2D eigenvalue weighted by molar-refractivity contribution is 0.959. The van der Waals surface area contributed by atoms with Gasteiger partial charge in [0.25, 0.3) is 0 Å². The minimum Gasteiger partial charge on any atom is -0.379 e. The van der Waals surface area contributed by atoms with Crippen molar-refractivity contribution in [1.29, 1.82) is 0 Å². The van der Waals surface area contributed by atoms with Gasteiger partial charge in [-0.2, -0.15) is 15.4 Å². The number of aromatic nitrogens is 4. The van der Waals surface area contributed by atoms with Gasteiger partial charge in [-0.1, -0.05) is 0 Å². The first-order valence-corrected chi connectivity index (χ1v) is 5.77. The molecule has 0 unspecified atom stereocenters. The summed E-state index contributed by atoms with van der Waals surface area (Å²) in [4.78, 5) is 4.21. The van der Waals surface area contributed by atoms with E-state index >= 15 is 0 Å². The van der Waals surface area contributed by atoms with Gasteiger partial charge < -0.3 is 5.32 Å². The number of hydrogen-bond donors (Lipinski definition) is 2. The first-order valence-electron chi connectivity index (χ1n) is 4.83. The Morgan fingerprint density at radius 2 is 2.19 bits per heavy atom. The van der Waals surface area contributed by atoms with Crippen LogP contribution in [0.15, 0.2) is 29.1 Å². The Kier molecular flexibility index (Phi) is 2.26. The van der Waals surface area contributed by atoms with E-state index in [4.69, 9.17) is 0 Å². The van der Waals surface area contributed by atoms with E-state index in [1.807, 2.05) is 29.1 Å². The summed E-state index contributed by atoms with van der Waals surface area (Å²) in [7, 11) is 0. The van der Waals surface area contributed by atoms with Crippen LogP contribution in [-0.2, 0) is 6.54 Å². The molecule has 0 spiro atoms. The van der Waals surface area contributed by atoms with Crippen molar-refractivity contribution in [1.82, 2.24) is 20.4 Å². The van der Waals surface area contributed by atoms with E-state index in [0.717, 1.165) is 29.0 Å². The maximum absolute atomic E-state index is 4.21. The fourth-order valence-corrected chi connectivity index (χ4v) is 2.03. The first-order chi connectivity index (χ1) is 7.92. The molecule has 2 heterocycles.